The Bertz CT molecular complexity index is 1310. The molecule has 4 rings (SSSR count). The van der Waals surface area contributed by atoms with Gasteiger partial charge in [0.1, 0.15) is 5.52 Å². The van der Waals surface area contributed by atoms with Gasteiger partial charge in [-0.25, -0.2) is 14.5 Å². The predicted octanol–water partition coefficient (Wildman–Crippen LogP) is 3.50. The molecule has 33 heavy (non-hydrogen) atoms. The third-order valence-corrected chi connectivity index (χ3v) is 5.10. The minimum Gasteiger partial charge on any atom is -0.493 e. The molecule has 2 heterocycles. The molecule has 10 nitrogen and oxygen atoms in total. The fourth-order valence-electron chi connectivity index (χ4n) is 3.59. The Morgan fingerprint density at radius 1 is 1.09 bits per heavy atom. The van der Waals surface area contributed by atoms with Crippen molar-refractivity contribution in [1.29, 1.82) is 0 Å². The lowest BCUT2D eigenvalue weighted by Gasteiger charge is -2.14. The molecule has 0 bridgehead atoms. The maximum absolute atomic E-state index is 11.3. The zero-order valence-electron chi connectivity index (χ0n) is 18.6. The Morgan fingerprint density at radius 2 is 1.79 bits per heavy atom. The number of fused-ring (bicyclic) bond motifs is 1. The van der Waals surface area contributed by atoms with E-state index in [1.54, 1.807) is 49.2 Å². The van der Waals surface area contributed by atoms with Gasteiger partial charge in [0.25, 0.3) is 0 Å². The van der Waals surface area contributed by atoms with Crippen LogP contribution < -0.4 is 19.5 Å². The van der Waals surface area contributed by atoms with E-state index in [-0.39, 0.29) is 6.42 Å². The fraction of sp³-hybridized carbons (Fsp3) is 0.217. The molecular formula is C23H23N5O5. The third kappa shape index (κ3) is 4.22. The molecule has 0 radical (unpaired) electrons. The first-order chi connectivity index (χ1) is 15.9. The van der Waals surface area contributed by atoms with Crippen molar-refractivity contribution in [3.05, 3.63) is 53.9 Å². The van der Waals surface area contributed by atoms with Gasteiger partial charge < -0.3 is 24.6 Å². The standard InChI is InChI=1S/C23H23N5O5/c1-13-17-12-24-23(26-15-10-18(31-2)21(33-4)19(11-15)32-3)27-28(17)22(25-13)16-8-6-5-7-14(16)9-20(29)30/h5-8,10-12H,9H2,1-4H3,(H,26,27)(H,29,30). The molecule has 0 atom stereocenters. The van der Waals surface area contributed by atoms with E-state index in [0.29, 0.717) is 51.4 Å². The number of aromatic nitrogens is 4. The van der Waals surface area contributed by atoms with Gasteiger partial charge in [0, 0.05) is 23.4 Å². The molecule has 0 saturated heterocycles. The van der Waals surface area contributed by atoms with Gasteiger partial charge in [-0.1, -0.05) is 24.3 Å². The third-order valence-electron chi connectivity index (χ3n) is 5.10. The van der Waals surface area contributed by atoms with Crippen molar-refractivity contribution >= 4 is 23.1 Å². The van der Waals surface area contributed by atoms with Crippen molar-refractivity contribution in [2.45, 2.75) is 13.3 Å². The van der Waals surface area contributed by atoms with Crippen LogP contribution in [0.15, 0.2) is 42.6 Å². The average molecular weight is 449 g/mol. The molecule has 0 fully saturated rings. The van der Waals surface area contributed by atoms with Gasteiger partial charge >= 0.3 is 5.97 Å². The van der Waals surface area contributed by atoms with Crippen LogP contribution in [0.4, 0.5) is 11.6 Å². The highest BCUT2D eigenvalue weighted by Crippen LogP contribution is 2.40. The van der Waals surface area contributed by atoms with E-state index in [1.807, 2.05) is 19.1 Å². The largest absolute Gasteiger partial charge is 0.493 e. The molecule has 0 amide bonds. The van der Waals surface area contributed by atoms with Gasteiger partial charge in [-0.15, -0.1) is 5.10 Å². The Morgan fingerprint density at radius 3 is 2.42 bits per heavy atom. The number of carbonyl (C=O) groups is 1. The van der Waals surface area contributed by atoms with E-state index in [9.17, 15) is 9.90 Å². The van der Waals surface area contributed by atoms with Crippen LogP contribution in [0.3, 0.4) is 0 Å². The van der Waals surface area contributed by atoms with Gasteiger partial charge in [0.15, 0.2) is 17.3 Å². The predicted molar refractivity (Wildman–Crippen MR) is 122 cm³/mol. The second-order valence-corrected chi connectivity index (χ2v) is 7.17. The summed E-state index contributed by atoms with van der Waals surface area (Å²) < 4.78 is 17.8. The van der Waals surface area contributed by atoms with Crippen molar-refractivity contribution in [2.24, 2.45) is 0 Å². The van der Waals surface area contributed by atoms with Gasteiger partial charge in [-0.05, 0) is 12.5 Å². The number of ether oxygens (including phenoxy) is 3. The smallest absolute Gasteiger partial charge is 0.307 e. The molecule has 0 aliphatic carbocycles. The molecule has 0 aliphatic rings. The minimum absolute atomic E-state index is 0.119. The SMILES string of the molecule is COc1cc(Nc2ncc3c(C)nc(-c4ccccc4CC(=O)O)n3n2)cc(OC)c1OC. The Kier molecular flexibility index (Phi) is 5.99. The summed E-state index contributed by atoms with van der Waals surface area (Å²) in [5, 5.41) is 17.1. The number of aryl methyl sites for hydroxylation is 1. The highest BCUT2D eigenvalue weighted by atomic mass is 16.5. The number of nitrogens with one attached hydrogen (secondary N) is 1. The number of rotatable bonds is 8. The van der Waals surface area contributed by atoms with Crippen LogP contribution in [0.5, 0.6) is 17.2 Å². The maximum atomic E-state index is 11.3. The van der Waals surface area contributed by atoms with Crippen molar-refractivity contribution in [1.82, 2.24) is 19.6 Å². The molecule has 10 heteroatoms. The van der Waals surface area contributed by atoms with Crippen molar-refractivity contribution in [3.8, 4) is 28.6 Å². The second-order valence-electron chi connectivity index (χ2n) is 7.17. The van der Waals surface area contributed by atoms with E-state index in [2.05, 4.69) is 20.4 Å². The molecule has 0 unspecified atom stereocenters. The van der Waals surface area contributed by atoms with Crippen LogP contribution in [0.1, 0.15) is 11.3 Å². The molecule has 4 aromatic rings. The van der Waals surface area contributed by atoms with Crippen LogP contribution >= 0.6 is 0 Å². The molecule has 170 valence electrons. The number of methoxy groups -OCH3 is 3. The Labute approximate surface area is 189 Å². The fourth-order valence-corrected chi connectivity index (χ4v) is 3.59. The van der Waals surface area contributed by atoms with Crippen molar-refractivity contribution < 1.29 is 24.1 Å². The quantitative estimate of drug-likeness (QED) is 0.416. The highest BCUT2D eigenvalue weighted by molar-refractivity contribution is 5.76. The maximum Gasteiger partial charge on any atom is 0.307 e. The van der Waals surface area contributed by atoms with Gasteiger partial charge in [0.05, 0.1) is 39.6 Å². The summed E-state index contributed by atoms with van der Waals surface area (Å²) in [5.74, 6) is 1.38. The number of hydrogen-bond donors (Lipinski definition) is 2. The van der Waals surface area contributed by atoms with Crippen LogP contribution in [-0.2, 0) is 11.2 Å². The van der Waals surface area contributed by atoms with Gasteiger partial charge in [0.2, 0.25) is 11.7 Å². The van der Waals surface area contributed by atoms with Crippen LogP contribution in [-0.4, -0.2) is 52.0 Å². The van der Waals surface area contributed by atoms with E-state index >= 15 is 0 Å². The average Bonchev–Trinajstić information content (AvgIpc) is 3.13. The minimum atomic E-state index is -0.917. The summed E-state index contributed by atoms with van der Waals surface area (Å²) in [5.41, 5.74) is 3.42. The zero-order chi connectivity index (χ0) is 23.5. The summed E-state index contributed by atoms with van der Waals surface area (Å²) in [6, 6.07) is 10.7. The van der Waals surface area contributed by atoms with E-state index in [4.69, 9.17) is 14.2 Å². The summed E-state index contributed by atoms with van der Waals surface area (Å²) in [6.07, 6.45) is 1.55. The number of imidazole rings is 1. The highest BCUT2D eigenvalue weighted by Gasteiger charge is 2.18. The lowest BCUT2D eigenvalue weighted by Crippen LogP contribution is -2.06. The molecule has 0 spiro atoms. The number of benzene rings is 2. The van der Waals surface area contributed by atoms with Crippen molar-refractivity contribution in [3.63, 3.8) is 0 Å². The van der Waals surface area contributed by atoms with Crippen molar-refractivity contribution in [2.75, 3.05) is 26.6 Å². The van der Waals surface area contributed by atoms with Crippen LogP contribution in [0.2, 0.25) is 0 Å². The molecule has 2 aromatic heterocycles. The lowest BCUT2D eigenvalue weighted by atomic mass is 10.0. The van der Waals surface area contributed by atoms with Gasteiger partial charge in [-0.3, -0.25) is 4.79 Å². The first-order valence-electron chi connectivity index (χ1n) is 10.0. The summed E-state index contributed by atoms with van der Waals surface area (Å²) in [4.78, 5) is 20.4. The Balaban J connectivity index is 1.78. The van der Waals surface area contributed by atoms with E-state index < -0.39 is 5.97 Å². The van der Waals surface area contributed by atoms with Gasteiger partial charge in [-0.2, -0.15) is 0 Å². The topological polar surface area (TPSA) is 120 Å². The van der Waals surface area contributed by atoms with E-state index in [0.717, 1.165) is 5.69 Å². The van der Waals surface area contributed by atoms with E-state index in [1.165, 1.54) is 7.11 Å². The molecule has 0 saturated carbocycles. The molecule has 2 aromatic carbocycles. The molecule has 0 aliphatic heterocycles. The molecular weight excluding hydrogens is 426 g/mol. The number of carboxylic acid groups (broad SMARTS) is 1. The number of nitrogens with zero attached hydrogens (tertiary/aromatic N) is 4. The summed E-state index contributed by atoms with van der Waals surface area (Å²) >= 11 is 0. The second kappa shape index (κ2) is 9.03. The number of hydrogen-bond acceptors (Lipinski definition) is 8. The first-order valence-corrected chi connectivity index (χ1v) is 10.0. The Hall–Kier alpha value is -4.34. The lowest BCUT2D eigenvalue weighted by molar-refractivity contribution is -0.136. The molecule has 2 N–H and O–H groups in total. The summed E-state index contributed by atoms with van der Waals surface area (Å²) in [6.45, 7) is 1.86. The number of carboxylic acids is 1. The monoisotopic (exact) mass is 449 g/mol. The zero-order valence-corrected chi connectivity index (χ0v) is 18.6. The van der Waals surface area contributed by atoms with Crippen LogP contribution in [0.25, 0.3) is 16.9 Å². The first kappa shape index (κ1) is 21.9. The number of anilines is 2. The summed E-state index contributed by atoms with van der Waals surface area (Å²) in [7, 11) is 4.62. The number of aliphatic carboxylic acids is 1. The van der Waals surface area contributed by atoms with Crippen LogP contribution in [0, 0.1) is 6.92 Å². The normalized spacial score (nSPS) is 10.8.